The molecule has 0 radical (unpaired) electrons. The number of carbonyl (C=O) groups excluding carboxylic acids is 3. The molecule has 5 N–H and O–H groups in total. The summed E-state index contributed by atoms with van der Waals surface area (Å²) in [6.07, 6.45) is 2.03. The molecular weight excluding hydrogens is 475 g/mol. The highest BCUT2D eigenvalue weighted by atomic mass is 35.5. The summed E-state index contributed by atoms with van der Waals surface area (Å²) in [7, 11) is 1.54. The molecule has 7 nitrogen and oxygen atoms in total. The van der Waals surface area contributed by atoms with Gasteiger partial charge in [0.1, 0.15) is 0 Å². The molecule has 1 atom stereocenters. The summed E-state index contributed by atoms with van der Waals surface area (Å²) < 4.78 is 0. The minimum absolute atomic E-state index is 0. The molecule has 0 saturated heterocycles. The Hall–Kier alpha value is -2.16. The van der Waals surface area contributed by atoms with E-state index < -0.39 is 11.9 Å². The number of likely N-dealkylation sites (N-methyl/N-ethyl adjacent to an activating group) is 1. The van der Waals surface area contributed by atoms with Crippen LogP contribution in [0.3, 0.4) is 0 Å². The Morgan fingerprint density at radius 2 is 1.72 bits per heavy atom. The van der Waals surface area contributed by atoms with Crippen molar-refractivity contribution in [3.8, 4) is 0 Å². The Morgan fingerprint density at radius 1 is 1.06 bits per heavy atom. The molecule has 0 fully saturated rings. The van der Waals surface area contributed by atoms with Crippen molar-refractivity contribution in [2.75, 3.05) is 25.0 Å². The lowest BCUT2D eigenvalue weighted by atomic mass is 10.0. The highest BCUT2D eigenvalue weighted by molar-refractivity contribution is 6.31. The van der Waals surface area contributed by atoms with Crippen molar-refractivity contribution < 1.29 is 14.4 Å². The standard InChI is InChI=1S/C22H27ClN4O3.2ClH/c1-27(20(28)14-26-22(30)18(25)9-5-6-12-24)19-11-10-16(23)13-17(19)21(29)15-7-3-2-4-8-15;;/h2-4,7-8,10-11,13,18H,5-6,9,12,14,24-25H2,1H3,(H,26,30);2*1H/t18-;;/m0../s1. The first kappa shape index (κ1) is 29.8. The molecule has 2 aromatic carbocycles. The van der Waals surface area contributed by atoms with Crippen LogP contribution < -0.4 is 21.7 Å². The monoisotopic (exact) mass is 502 g/mol. The first-order valence-electron chi connectivity index (χ1n) is 9.74. The minimum Gasteiger partial charge on any atom is -0.346 e. The Bertz CT molecular complexity index is 897. The Balaban J connectivity index is 0.00000480. The van der Waals surface area contributed by atoms with Gasteiger partial charge in [0.05, 0.1) is 18.3 Å². The van der Waals surface area contributed by atoms with E-state index in [4.69, 9.17) is 23.1 Å². The number of hydrogen-bond donors (Lipinski definition) is 3. The third-order valence-electron chi connectivity index (χ3n) is 4.69. The van der Waals surface area contributed by atoms with E-state index in [0.29, 0.717) is 34.8 Å². The van der Waals surface area contributed by atoms with Gasteiger partial charge in [-0.15, -0.1) is 24.8 Å². The SMILES string of the molecule is CN(C(=O)CNC(=O)[C@@H](N)CCCCN)c1ccc(Cl)cc1C(=O)c1ccccc1.Cl.Cl. The van der Waals surface area contributed by atoms with Crippen molar-refractivity contribution in [3.05, 3.63) is 64.7 Å². The smallest absolute Gasteiger partial charge is 0.246 e. The average molecular weight is 504 g/mol. The number of hydrogen-bond acceptors (Lipinski definition) is 5. The van der Waals surface area contributed by atoms with Gasteiger partial charge in [-0.2, -0.15) is 0 Å². The van der Waals surface area contributed by atoms with Gasteiger partial charge in [-0.1, -0.05) is 48.4 Å². The zero-order valence-electron chi connectivity index (χ0n) is 17.8. The van der Waals surface area contributed by atoms with Gasteiger partial charge in [0.25, 0.3) is 0 Å². The van der Waals surface area contributed by atoms with Crippen LogP contribution in [0.25, 0.3) is 0 Å². The molecule has 0 aliphatic heterocycles. The fraction of sp³-hybridized carbons (Fsp3) is 0.318. The minimum atomic E-state index is -0.694. The van der Waals surface area contributed by atoms with Crippen LogP contribution in [0.15, 0.2) is 48.5 Å². The summed E-state index contributed by atoms with van der Waals surface area (Å²) in [5.41, 5.74) is 12.5. The Kier molecular flexibility index (Phi) is 13.8. The first-order valence-corrected chi connectivity index (χ1v) is 10.1. The van der Waals surface area contributed by atoms with Crippen LogP contribution in [-0.2, 0) is 9.59 Å². The second-order valence-corrected chi connectivity index (χ2v) is 7.35. The van der Waals surface area contributed by atoms with Gasteiger partial charge < -0.3 is 21.7 Å². The second kappa shape index (κ2) is 14.8. The highest BCUT2D eigenvalue weighted by Gasteiger charge is 2.21. The zero-order valence-corrected chi connectivity index (χ0v) is 20.1. The Labute approximate surface area is 205 Å². The number of rotatable bonds is 10. The molecule has 176 valence electrons. The number of nitrogens with zero attached hydrogens (tertiary/aromatic N) is 1. The van der Waals surface area contributed by atoms with Gasteiger partial charge in [-0.25, -0.2) is 0 Å². The molecule has 0 spiro atoms. The van der Waals surface area contributed by atoms with Gasteiger partial charge in [0.15, 0.2) is 5.78 Å². The summed E-state index contributed by atoms with van der Waals surface area (Å²) >= 11 is 6.09. The van der Waals surface area contributed by atoms with Crippen LogP contribution >= 0.6 is 36.4 Å². The van der Waals surface area contributed by atoms with Gasteiger partial charge in [0.2, 0.25) is 11.8 Å². The topological polar surface area (TPSA) is 119 Å². The number of anilines is 1. The van der Waals surface area contributed by atoms with Crippen molar-refractivity contribution in [3.63, 3.8) is 0 Å². The summed E-state index contributed by atoms with van der Waals surface area (Å²) in [5.74, 6) is -1.04. The quantitative estimate of drug-likeness (QED) is 0.340. The van der Waals surface area contributed by atoms with E-state index in [9.17, 15) is 14.4 Å². The zero-order chi connectivity index (χ0) is 22.1. The fourth-order valence-electron chi connectivity index (χ4n) is 2.91. The predicted molar refractivity (Wildman–Crippen MR) is 133 cm³/mol. The van der Waals surface area contributed by atoms with Crippen molar-refractivity contribution >= 4 is 59.7 Å². The van der Waals surface area contributed by atoms with Gasteiger partial charge in [-0.05, 0) is 37.6 Å². The van der Waals surface area contributed by atoms with Gasteiger partial charge >= 0.3 is 0 Å². The van der Waals surface area contributed by atoms with Crippen LogP contribution in [-0.4, -0.2) is 43.8 Å². The highest BCUT2D eigenvalue weighted by Crippen LogP contribution is 2.26. The van der Waals surface area contributed by atoms with Crippen molar-refractivity contribution in [1.29, 1.82) is 0 Å². The van der Waals surface area contributed by atoms with E-state index >= 15 is 0 Å². The maximum atomic E-state index is 12.9. The number of nitrogens with two attached hydrogens (primary N) is 2. The van der Waals surface area contributed by atoms with Crippen LogP contribution in [0, 0.1) is 0 Å². The summed E-state index contributed by atoms with van der Waals surface area (Å²) in [6.45, 7) is 0.310. The van der Waals surface area contributed by atoms with E-state index in [1.54, 1.807) is 43.4 Å². The molecule has 0 aliphatic carbocycles. The summed E-state index contributed by atoms with van der Waals surface area (Å²) in [5, 5.41) is 2.94. The number of nitrogens with one attached hydrogen (secondary N) is 1. The molecule has 2 rings (SSSR count). The third kappa shape index (κ3) is 8.41. The second-order valence-electron chi connectivity index (χ2n) is 6.92. The van der Waals surface area contributed by atoms with E-state index in [2.05, 4.69) is 5.32 Å². The lowest BCUT2D eigenvalue weighted by Gasteiger charge is -2.21. The number of ketones is 1. The van der Waals surface area contributed by atoms with E-state index in [1.165, 1.54) is 11.0 Å². The van der Waals surface area contributed by atoms with Crippen molar-refractivity contribution in [2.45, 2.75) is 25.3 Å². The maximum absolute atomic E-state index is 12.9. The van der Waals surface area contributed by atoms with Gasteiger partial charge in [0, 0.05) is 23.2 Å². The molecule has 0 aromatic heterocycles. The lowest BCUT2D eigenvalue weighted by Crippen LogP contribution is -2.45. The number of amides is 2. The average Bonchev–Trinajstić information content (AvgIpc) is 2.76. The molecule has 0 saturated carbocycles. The molecule has 32 heavy (non-hydrogen) atoms. The molecular formula is C22H29Cl3N4O3. The Morgan fingerprint density at radius 3 is 2.34 bits per heavy atom. The normalized spacial score (nSPS) is 10.9. The lowest BCUT2D eigenvalue weighted by molar-refractivity contribution is -0.125. The number of halogens is 3. The van der Waals surface area contributed by atoms with Crippen LogP contribution in [0.5, 0.6) is 0 Å². The van der Waals surface area contributed by atoms with E-state index in [1.807, 2.05) is 6.07 Å². The van der Waals surface area contributed by atoms with Crippen LogP contribution in [0.4, 0.5) is 5.69 Å². The molecule has 2 amide bonds. The van der Waals surface area contributed by atoms with Crippen LogP contribution in [0.2, 0.25) is 5.02 Å². The summed E-state index contributed by atoms with van der Waals surface area (Å²) in [6, 6.07) is 12.8. The van der Waals surface area contributed by atoms with Gasteiger partial charge in [-0.3, -0.25) is 14.4 Å². The number of unbranched alkanes of at least 4 members (excludes halogenated alkanes) is 1. The van der Waals surface area contributed by atoms with E-state index in [0.717, 1.165) is 12.8 Å². The molecule has 0 bridgehead atoms. The van der Waals surface area contributed by atoms with Crippen molar-refractivity contribution in [2.24, 2.45) is 11.5 Å². The maximum Gasteiger partial charge on any atom is 0.246 e. The summed E-state index contributed by atoms with van der Waals surface area (Å²) in [4.78, 5) is 39.0. The third-order valence-corrected chi connectivity index (χ3v) is 4.93. The van der Waals surface area contributed by atoms with E-state index in [-0.39, 0.29) is 43.0 Å². The molecule has 0 aliphatic rings. The fourth-order valence-corrected chi connectivity index (χ4v) is 3.09. The molecule has 0 unspecified atom stereocenters. The molecule has 0 heterocycles. The number of carbonyl (C=O) groups is 3. The van der Waals surface area contributed by atoms with Crippen LogP contribution in [0.1, 0.15) is 35.2 Å². The first-order chi connectivity index (χ1) is 14.3. The largest absolute Gasteiger partial charge is 0.346 e. The van der Waals surface area contributed by atoms with Crippen molar-refractivity contribution in [1.82, 2.24) is 5.32 Å². The molecule has 10 heteroatoms. The number of benzene rings is 2. The predicted octanol–water partition coefficient (Wildman–Crippen LogP) is 2.95. The molecule has 2 aromatic rings.